The molecule has 0 N–H and O–H groups in total. The third kappa shape index (κ3) is 6.82. The van der Waals surface area contributed by atoms with Crippen molar-refractivity contribution in [3.63, 3.8) is 0 Å². The molecule has 1 aromatic rings. The highest BCUT2D eigenvalue weighted by Gasteiger charge is 2.25. The molecule has 1 nitrogen and oxygen atoms in total. The minimum atomic E-state index is -4.01. The third-order valence-electron chi connectivity index (χ3n) is 4.34. The highest BCUT2D eigenvalue weighted by molar-refractivity contribution is 5.22. The average Bonchev–Trinajstić information content (AvgIpc) is 2.97. The predicted octanol–water partition coefficient (Wildman–Crippen LogP) is 4.99. The van der Waals surface area contributed by atoms with Crippen molar-refractivity contribution in [2.45, 2.75) is 57.5 Å². The molecule has 0 unspecified atom stereocenters. The first-order valence-electron chi connectivity index (χ1n) is 8.40. The first kappa shape index (κ1) is 17.3. The van der Waals surface area contributed by atoms with Crippen molar-refractivity contribution < 1.29 is 13.2 Å². The summed E-state index contributed by atoms with van der Waals surface area (Å²) in [6.45, 7) is 3.67. The maximum absolute atomic E-state index is 12.1. The molecule has 0 radical (unpaired) electrons. The van der Waals surface area contributed by atoms with E-state index in [1.165, 1.54) is 44.5 Å². The monoisotopic (exact) mass is 313 g/mol. The summed E-state index contributed by atoms with van der Waals surface area (Å²) in [6, 6.07) is 8.39. The molecule has 1 aliphatic heterocycles. The standard InChI is InChI=1S/C18H26F3N/c19-18(20,21)12-2-1-6-16-8-10-17(11-9-16)7-5-15-22-13-3-4-14-22/h8-11H,1-7,12-15H2. The van der Waals surface area contributed by atoms with Gasteiger partial charge in [0.1, 0.15) is 0 Å². The normalized spacial score (nSPS) is 16.3. The van der Waals surface area contributed by atoms with Gasteiger partial charge in [-0.25, -0.2) is 0 Å². The average molecular weight is 313 g/mol. The van der Waals surface area contributed by atoms with Crippen LogP contribution in [0, 0.1) is 0 Å². The van der Waals surface area contributed by atoms with Crippen LogP contribution in [0.4, 0.5) is 13.2 Å². The lowest BCUT2D eigenvalue weighted by Gasteiger charge is -2.14. The maximum Gasteiger partial charge on any atom is 0.389 e. The SMILES string of the molecule is FC(F)(F)CCCCc1ccc(CCCN2CCCC2)cc1. The lowest BCUT2D eigenvalue weighted by atomic mass is 10.0. The van der Waals surface area contributed by atoms with Crippen LogP contribution in [0.25, 0.3) is 0 Å². The van der Waals surface area contributed by atoms with Gasteiger partial charge in [-0.1, -0.05) is 24.3 Å². The fourth-order valence-electron chi connectivity index (χ4n) is 3.04. The molecule has 1 aromatic carbocycles. The van der Waals surface area contributed by atoms with E-state index in [1.807, 2.05) is 0 Å². The summed E-state index contributed by atoms with van der Waals surface area (Å²) in [5.41, 5.74) is 2.48. The number of hydrogen-bond donors (Lipinski definition) is 0. The summed E-state index contributed by atoms with van der Waals surface area (Å²) in [6.07, 6.45) is 1.83. The molecule has 0 spiro atoms. The quantitative estimate of drug-likeness (QED) is 0.611. The largest absolute Gasteiger partial charge is 0.389 e. The third-order valence-corrected chi connectivity index (χ3v) is 4.34. The molecular weight excluding hydrogens is 287 g/mol. The summed E-state index contributed by atoms with van der Waals surface area (Å²) < 4.78 is 36.2. The summed E-state index contributed by atoms with van der Waals surface area (Å²) in [5.74, 6) is 0. The van der Waals surface area contributed by atoms with E-state index in [1.54, 1.807) is 0 Å². The summed E-state index contributed by atoms with van der Waals surface area (Å²) >= 11 is 0. The van der Waals surface area contributed by atoms with Crippen LogP contribution in [0.2, 0.25) is 0 Å². The van der Waals surface area contributed by atoms with Crippen LogP contribution >= 0.6 is 0 Å². The van der Waals surface area contributed by atoms with E-state index in [4.69, 9.17) is 0 Å². The molecule has 22 heavy (non-hydrogen) atoms. The van der Waals surface area contributed by atoms with E-state index in [-0.39, 0.29) is 6.42 Å². The van der Waals surface area contributed by atoms with Crippen molar-refractivity contribution in [3.05, 3.63) is 35.4 Å². The van der Waals surface area contributed by atoms with Crippen LogP contribution < -0.4 is 0 Å². The Labute approximate surface area is 131 Å². The molecule has 1 fully saturated rings. The Hall–Kier alpha value is -1.03. The number of unbranched alkanes of at least 4 members (excludes halogenated alkanes) is 1. The second kappa shape index (κ2) is 8.56. The molecule has 1 aliphatic rings. The number of hydrogen-bond acceptors (Lipinski definition) is 1. The lowest BCUT2D eigenvalue weighted by Crippen LogP contribution is -2.20. The van der Waals surface area contributed by atoms with E-state index < -0.39 is 12.6 Å². The van der Waals surface area contributed by atoms with Crippen molar-refractivity contribution in [3.8, 4) is 0 Å². The van der Waals surface area contributed by atoms with Crippen LogP contribution in [-0.2, 0) is 12.8 Å². The second-order valence-corrected chi connectivity index (χ2v) is 6.29. The minimum Gasteiger partial charge on any atom is -0.303 e. The van der Waals surface area contributed by atoms with Crippen molar-refractivity contribution in [2.75, 3.05) is 19.6 Å². The zero-order valence-corrected chi connectivity index (χ0v) is 13.2. The highest BCUT2D eigenvalue weighted by atomic mass is 19.4. The molecule has 4 heteroatoms. The number of benzene rings is 1. The number of alkyl halides is 3. The first-order valence-corrected chi connectivity index (χ1v) is 8.40. The molecule has 0 atom stereocenters. The van der Waals surface area contributed by atoms with Gasteiger partial charge in [0, 0.05) is 6.42 Å². The fraction of sp³-hybridized carbons (Fsp3) is 0.667. The lowest BCUT2D eigenvalue weighted by molar-refractivity contribution is -0.135. The number of halogens is 3. The number of rotatable bonds is 8. The highest BCUT2D eigenvalue weighted by Crippen LogP contribution is 2.23. The Bertz CT molecular complexity index is 419. The molecule has 0 aromatic heterocycles. The van der Waals surface area contributed by atoms with Gasteiger partial charge < -0.3 is 4.90 Å². The van der Waals surface area contributed by atoms with E-state index in [9.17, 15) is 13.2 Å². The number of nitrogens with zero attached hydrogens (tertiary/aromatic N) is 1. The Morgan fingerprint density at radius 1 is 0.818 bits per heavy atom. The molecule has 0 saturated carbocycles. The summed E-state index contributed by atoms with van der Waals surface area (Å²) in [4.78, 5) is 2.52. The molecule has 1 saturated heterocycles. The van der Waals surface area contributed by atoms with Gasteiger partial charge in [-0.3, -0.25) is 0 Å². The molecule has 0 bridgehead atoms. The molecule has 0 aliphatic carbocycles. The van der Waals surface area contributed by atoms with Crippen molar-refractivity contribution in [1.29, 1.82) is 0 Å². The van der Waals surface area contributed by atoms with Gasteiger partial charge in [0.2, 0.25) is 0 Å². The molecular formula is C18H26F3N. The number of likely N-dealkylation sites (tertiary alicyclic amines) is 1. The van der Waals surface area contributed by atoms with Crippen molar-refractivity contribution in [2.24, 2.45) is 0 Å². The van der Waals surface area contributed by atoms with Gasteiger partial charge >= 0.3 is 6.18 Å². The van der Waals surface area contributed by atoms with E-state index in [2.05, 4.69) is 29.2 Å². The van der Waals surface area contributed by atoms with Gasteiger partial charge in [-0.2, -0.15) is 13.2 Å². The Morgan fingerprint density at radius 3 is 1.91 bits per heavy atom. The molecule has 1 heterocycles. The van der Waals surface area contributed by atoms with Gasteiger partial charge in [-0.05, 0) is 75.7 Å². The zero-order valence-electron chi connectivity index (χ0n) is 13.2. The Morgan fingerprint density at radius 2 is 1.36 bits per heavy atom. The molecule has 0 amide bonds. The Balaban J connectivity index is 1.62. The van der Waals surface area contributed by atoms with Gasteiger partial charge in [-0.15, -0.1) is 0 Å². The predicted molar refractivity (Wildman–Crippen MR) is 84.0 cm³/mol. The fourth-order valence-corrected chi connectivity index (χ4v) is 3.04. The van der Waals surface area contributed by atoms with E-state index in [0.717, 1.165) is 18.4 Å². The topological polar surface area (TPSA) is 3.24 Å². The minimum absolute atomic E-state index is 0.223. The van der Waals surface area contributed by atoms with Gasteiger partial charge in [0.25, 0.3) is 0 Å². The molecule has 2 rings (SSSR count). The summed E-state index contributed by atoms with van der Waals surface area (Å²) in [7, 11) is 0. The Kier molecular flexibility index (Phi) is 6.74. The van der Waals surface area contributed by atoms with Gasteiger partial charge in [0.15, 0.2) is 0 Å². The van der Waals surface area contributed by atoms with Crippen LogP contribution in [0.1, 0.15) is 49.7 Å². The van der Waals surface area contributed by atoms with Crippen LogP contribution in [-0.4, -0.2) is 30.7 Å². The van der Waals surface area contributed by atoms with E-state index in [0.29, 0.717) is 6.42 Å². The van der Waals surface area contributed by atoms with Crippen molar-refractivity contribution in [1.82, 2.24) is 4.90 Å². The van der Waals surface area contributed by atoms with Crippen LogP contribution in [0.15, 0.2) is 24.3 Å². The van der Waals surface area contributed by atoms with Crippen molar-refractivity contribution >= 4 is 0 Å². The smallest absolute Gasteiger partial charge is 0.303 e. The van der Waals surface area contributed by atoms with Crippen LogP contribution in [0.3, 0.4) is 0 Å². The molecule has 124 valence electrons. The summed E-state index contributed by atoms with van der Waals surface area (Å²) in [5, 5.41) is 0. The zero-order chi connectivity index (χ0) is 15.8. The van der Waals surface area contributed by atoms with Gasteiger partial charge in [0.05, 0.1) is 0 Å². The second-order valence-electron chi connectivity index (χ2n) is 6.29. The maximum atomic E-state index is 12.1. The first-order chi connectivity index (χ1) is 10.5. The number of aryl methyl sites for hydroxylation is 2. The van der Waals surface area contributed by atoms with Crippen LogP contribution in [0.5, 0.6) is 0 Å². The van der Waals surface area contributed by atoms with E-state index >= 15 is 0 Å².